The van der Waals surface area contributed by atoms with Gasteiger partial charge in [-0.25, -0.2) is 4.68 Å². The van der Waals surface area contributed by atoms with Gasteiger partial charge in [0, 0.05) is 43.3 Å². The minimum absolute atomic E-state index is 0.0190. The molecule has 2 aliphatic rings. The summed E-state index contributed by atoms with van der Waals surface area (Å²) < 4.78 is 1.79. The second kappa shape index (κ2) is 8.47. The first-order valence-corrected chi connectivity index (χ1v) is 10.5. The summed E-state index contributed by atoms with van der Waals surface area (Å²) in [6, 6.07) is 7.93. The topological polar surface area (TPSA) is 67.2 Å². The zero-order valence-electron chi connectivity index (χ0n) is 16.1. The van der Waals surface area contributed by atoms with Crippen molar-refractivity contribution in [3.05, 3.63) is 35.6 Å². The average molecular weight is 403 g/mol. The maximum atomic E-state index is 13.1. The molecule has 1 aromatic carbocycles. The Labute approximate surface area is 170 Å². The molecule has 1 aliphatic carbocycles. The minimum atomic E-state index is -0.0190. The van der Waals surface area contributed by atoms with Crippen LogP contribution in [0.3, 0.4) is 0 Å². The van der Waals surface area contributed by atoms with Crippen molar-refractivity contribution in [2.75, 3.05) is 31.1 Å². The van der Waals surface area contributed by atoms with E-state index in [0.717, 1.165) is 56.3 Å². The first-order valence-electron chi connectivity index (χ1n) is 10.1. The largest absolute Gasteiger partial charge is 0.368 e. The average Bonchev–Trinajstić information content (AvgIpc) is 3.21. The number of benzene rings is 1. The Bertz CT molecular complexity index is 782. The molecule has 1 saturated carbocycles. The SMILES string of the molecule is O=C(CC1(Cn2cnnn2)CCCCC1)N1CCN(c2cccc(Cl)c2)CC1. The first-order chi connectivity index (χ1) is 13.6. The number of aromatic nitrogens is 4. The molecule has 1 aliphatic heterocycles. The molecular formula is C20H27ClN6O. The summed E-state index contributed by atoms with van der Waals surface area (Å²) in [5.74, 6) is 0.265. The van der Waals surface area contributed by atoms with Crippen molar-refractivity contribution >= 4 is 23.2 Å². The van der Waals surface area contributed by atoms with Crippen LogP contribution in [0.25, 0.3) is 0 Å². The number of carbonyl (C=O) groups excluding carboxylic acids is 1. The van der Waals surface area contributed by atoms with Gasteiger partial charge in [-0.05, 0) is 46.9 Å². The molecule has 1 amide bonds. The van der Waals surface area contributed by atoms with Gasteiger partial charge in [0.05, 0.1) is 6.54 Å². The normalized spacial score (nSPS) is 19.6. The number of piperazine rings is 1. The predicted molar refractivity (Wildman–Crippen MR) is 108 cm³/mol. The predicted octanol–water partition coefficient (Wildman–Crippen LogP) is 3.02. The summed E-state index contributed by atoms with van der Waals surface area (Å²) in [5.41, 5.74) is 1.11. The van der Waals surface area contributed by atoms with Crippen LogP contribution in [0, 0.1) is 5.41 Å². The molecule has 0 N–H and O–H groups in total. The van der Waals surface area contributed by atoms with Gasteiger partial charge in [-0.3, -0.25) is 4.79 Å². The number of carbonyl (C=O) groups is 1. The number of hydrogen-bond acceptors (Lipinski definition) is 5. The van der Waals surface area contributed by atoms with Crippen molar-refractivity contribution in [3.8, 4) is 0 Å². The van der Waals surface area contributed by atoms with Gasteiger partial charge >= 0.3 is 0 Å². The molecule has 2 fully saturated rings. The number of anilines is 1. The van der Waals surface area contributed by atoms with Crippen molar-refractivity contribution in [1.29, 1.82) is 0 Å². The molecule has 150 valence electrons. The molecule has 0 unspecified atom stereocenters. The summed E-state index contributed by atoms with van der Waals surface area (Å²) in [7, 11) is 0. The van der Waals surface area contributed by atoms with Gasteiger partial charge in [0.2, 0.25) is 5.91 Å². The lowest BCUT2D eigenvalue weighted by Crippen LogP contribution is -2.50. The number of nitrogens with zero attached hydrogens (tertiary/aromatic N) is 6. The molecule has 0 atom stereocenters. The molecule has 0 radical (unpaired) electrons. The Hall–Kier alpha value is -2.15. The van der Waals surface area contributed by atoms with Crippen molar-refractivity contribution in [3.63, 3.8) is 0 Å². The lowest BCUT2D eigenvalue weighted by atomic mass is 9.71. The number of halogens is 1. The monoisotopic (exact) mass is 402 g/mol. The molecule has 7 nitrogen and oxygen atoms in total. The third kappa shape index (κ3) is 4.46. The molecule has 4 rings (SSSR count). The fourth-order valence-corrected chi connectivity index (χ4v) is 4.79. The van der Waals surface area contributed by atoms with Crippen molar-refractivity contribution in [2.45, 2.75) is 45.1 Å². The van der Waals surface area contributed by atoms with E-state index in [4.69, 9.17) is 11.6 Å². The van der Waals surface area contributed by atoms with Crippen LogP contribution >= 0.6 is 11.6 Å². The highest BCUT2D eigenvalue weighted by atomic mass is 35.5. The summed E-state index contributed by atoms with van der Waals surface area (Å²) >= 11 is 6.12. The minimum Gasteiger partial charge on any atom is -0.368 e. The van der Waals surface area contributed by atoms with Gasteiger partial charge in [-0.2, -0.15) is 0 Å². The molecule has 2 aromatic rings. The Kier molecular flexibility index (Phi) is 5.80. The lowest BCUT2D eigenvalue weighted by Gasteiger charge is -2.40. The third-order valence-electron chi connectivity index (χ3n) is 6.14. The lowest BCUT2D eigenvalue weighted by molar-refractivity contribution is -0.135. The Morgan fingerprint density at radius 2 is 1.89 bits per heavy atom. The number of hydrogen-bond donors (Lipinski definition) is 0. The van der Waals surface area contributed by atoms with E-state index in [9.17, 15) is 4.79 Å². The van der Waals surface area contributed by atoms with Crippen LogP contribution in [-0.4, -0.2) is 57.2 Å². The number of tetrazole rings is 1. The molecule has 8 heteroatoms. The fraction of sp³-hybridized carbons (Fsp3) is 0.600. The van der Waals surface area contributed by atoms with Gasteiger partial charge in [-0.1, -0.05) is 36.9 Å². The highest BCUT2D eigenvalue weighted by Crippen LogP contribution is 2.41. The Morgan fingerprint density at radius 3 is 2.57 bits per heavy atom. The van der Waals surface area contributed by atoms with E-state index in [1.54, 1.807) is 11.0 Å². The second-order valence-electron chi connectivity index (χ2n) is 8.09. The zero-order chi connectivity index (χ0) is 19.4. The smallest absolute Gasteiger partial charge is 0.223 e. The van der Waals surface area contributed by atoms with Crippen LogP contribution in [0.4, 0.5) is 5.69 Å². The summed E-state index contributed by atoms with van der Waals surface area (Å²) in [6.07, 6.45) is 8.00. The third-order valence-corrected chi connectivity index (χ3v) is 6.37. The van der Waals surface area contributed by atoms with Gasteiger partial charge in [0.1, 0.15) is 6.33 Å². The highest BCUT2D eigenvalue weighted by molar-refractivity contribution is 6.30. The number of rotatable bonds is 5. The molecule has 28 heavy (non-hydrogen) atoms. The molecule has 1 saturated heterocycles. The van der Waals surface area contributed by atoms with E-state index >= 15 is 0 Å². The number of amides is 1. The van der Waals surface area contributed by atoms with E-state index < -0.39 is 0 Å². The van der Waals surface area contributed by atoms with Gasteiger partial charge in [0.15, 0.2) is 0 Å². The molecule has 1 aromatic heterocycles. The first kappa shape index (κ1) is 19.2. The van der Waals surface area contributed by atoms with Crippen LogP contribution < -0.4 is 4.90 Å². The standard InChI is InChI=1S/C20H27ClN6O/c21-17-5-4-6-18(13-17)25-9-11-26(12-10-25)19(28)14-20(7-2-1-3-8-20)15-27-16-22-23-24-27/h4-6,13,16H,1-3,7-12,14-15H2. The molecule has 2 heterocycles. The summed E-state index contributed by atoms with van der Waals surface area (Å²) in [6.45, 7) is 3.92. The van der Waals surface area contributed by atoms with Gasteiger partial charge < -0.3 is 9.80 Å². The van der Waals surface area contributed by atoms with Crippen LogP contribution in [0.5, 0.6) is 0 Å². The maximum absolute atomic E-state index is 13.1. The molecular weight excluding hydrogens is 376 g/mol. The Morgan fingerprint density at radius 1 is 1.11 bits per heavy atom. The van der Waals surface area contributed by atoms with Crippen molar-refractivity contribution in [1.82, 2.24) is 25.1 Å². The Balaban J connectivity index is 1.37. The van der Waals surface area contributed by atoms with Gasteiger partial charge in [-0.15, -0.1) is 5.10 Å². The summed E-state index contributed by atoms with van der Waals surface area (Å²) in [5, 5.41) is 12.3. The highest BCUT2D eigenvalue weighted by Gasteiger charge is 2.37. The quantitative estimate of drug-likeness (QED) is 0.769. The summed E-state index contributed by atoms with van der Waals surface area (Å²) in [4.78, 5) is 17.4. The van der Waals surface area contributed by atoms with E-state index in [1.165, 1.54) is 19.3 Å². The zero-order valence-corrected chi connectivity index (χ0v) is 16.9. The second-order valence-corrected chi connectivity index (χ2v) is 8.53. The van der Waals surface area contributed by atoms with Gasteiger partial charge in [0.25, 0.3) is 0 Å². The van der Waals surface area contributed by atoms with Crippen LogP contribution in [0.2, 0.25) is 5.02 Å². The molecule has 0 bridgehead atoms. The van der Waals surface area contributed by atoms with Crippen molar-refractivity contribution < 1.29 is 4.79 Å². The van der Waals surface area contributed by atoms with E-state index in [-0.39, 0.29) is 11.3 Å². The fourth-order valence-electron chi connectivity index (χ4n) is 4.61. The van der Waals surface area contributed by atoms with E-state index in [0.29, 0.717) is 6.42 Å². The van der Waals surface area contributed by atoms with E-state index in [1.807, 2.05) is 23.1 Å². The van der Waals surface area contributed by atoms with Crippen LogP contribution in [0.1, 0.15) is 38.5 Å². The molecule has 0 spiro atoms. The van der Waals surface area contributed by atoms with Crippen LogP contribution in [-0.2, 0) is 11.3 Å². The van der Waals surface area contributed by atoms with Crippen molar-refractivity contribution in [2.24, 2.45) is 5.41 Å². The maximum Gasteiger partial charge on any atom is 0.223 e. The van der Waals surface area contributed by atoms with E-state index in [2.05, 4.69) is 26.5 Å². The van der Waals surface area contributed by atoms with Crippen LogP contribution in [0.15, 0.2) is 30.6 Å².